The van der Waals surface area contributed by atoms with Gasteiger partial charge in [-0.3, -0.25) is 9.36 Å². The van der Waals surface area contributed by atoms with Crippen molar-refractivity contribution in [3.63, 3.8) is 0 Å². The maximum absolute atomic E-state index is 12.6. The number of hydrogen-bond acceptors (Lipinski definition) is 3. The molecule has 0 saturated heterocycles. The predicted octanol–water partition coefficient (Wildman–Crippen LogP) is 3.51. The molecule has 0 unspecified atom stereocenters. The summed E-state index contributed by atoms with van der Waals surface area (Å²) in [6.45, 7) is 1.07. The first-order valence-corrected chi connectivity index (χ1v) is 5.67. The van der Waals surface area contributed by atoms with E-state index in [0.29, 0.717) is 11.0 Å². The van der Waals surface area contributed by atoms with Crippen LogP contribution in [0.25, 0.3) is 0 Å². The Balaban J connectivity index is 2.91. The van der Waals surface area contributed by atoms with E-state index >= 15 is 0 Å². The van der Waals surface area contributed by atoms with Crippen LogP contribution in [0.1, 0.15) is 25.6 Å². The van der Waals surface area contributed by atoms with Crippen molar-refractivity contribution in [1.29, 1.82) is 0 Å². The van der Waals surface area contributed by atoms with E-state index in [-0.39, 0.29) is 6.42 Å². The molecule has 0 aromatic carbocycles. The number of carbonyl (C=O) groups excluding carboxylic acids is 1. The molecule has 0 atom stereocenters. The van der Waals surface area contributed by atoms with Gasteiger partial charge in [0.1, 0.15) is 0 Å². The minimum absolute atomic E-state index is 0.112. The molecule has 0 spiro atoms. The number of halogens is 5. The second-order valence-corrected chi connectivity index (χ2v) is 4.05. The van der Waals surface area contributed by atoms with Gasteiger partial charge in [0.15, 0.2) is 17.0 Å². The molecule has 1 rings (SSSR count). The predicted molar refractivity (Wildman–Crippen MR) is 58.2 cm³/mol. The van der Waals surface area contributed by atoms with Gasteiger partial charge < -0.3 is 4.74 Å². The highest BCUT2D eigenvalue weighted by molar-refractivity contribution is 6.40. The molecular formula is C9H9Cl2F3N2O2. The van der Waals surface area contributed by atoms with Crippen LogP contribution in [0.3, 0.4) is 0 Å². The molecular weight excluding hydrogens is 296 g/mol. The topological polar surface area (TPSA) is 44.1 Å². The molecule has 102 valence electrons. The van der Waals surface area contributed by atoms with Crippen molar-refractivity contribution in [2.45, 2.75) is 32.7 Å². The molecule has 0 saturated carbocycles. The summed E-state index contributed by atoms with van der Waals surface area (Å²) >= 11 is 11.0. The molecule has 1 aromatic heterocycles. The second-order valence-electron chi connectivity index (χ2n) is 3.34. The average Bonchev–Trinajstić information content (AvgIpc) is 2.53. The van der Waals surface area contributed by atoms with Gasteiger partial charge in [0, 0.05) is 6.42 Å². The molecule has 0 aliphatic carbocycles. The van der Waals surface area contributed by atoms with Gasteiger partial charge >= 0.3 is 12.1 Å². The number of ether oxygens (including phenoxy) is 1. The average molecular weight is 305 g/mol. The van der Waals surface area contributed by atoms with Gasteiger partial charge in [-0.15, -0.1) is 0 Å². The summed E-state index contributed by atoms with van der Waals surface area (Å²) in [5.41, 5.74) is 0. The van der Waals surface area contributed by atoms with E-state index in [0.717, 1.165) is 0 Å². The van der Waals surface area contributed by atoms with Crippen molar-refractivity contribution in [3.8, 4) is 0 Å². The number of alkyl halides is 3. The molecule has 0 bridgehead atoms. The zero-order chi connectivity index (χ0) is 13.9. The van der Waals surface area contributed by atoms with Gasteiger partial charge in [0.05, 0.1) is 0 Å². The molecule has 0 amide bonds. The van der Waals surface area contributed by atoms with E-state index in [1.807, 2.05) is 0 Å². The maximum Gasteiger partial charge on any atom is 0.449 e. The smallest absolute Gasteiger partial charge is 0.444 e. The van der Waals surface area contributed by atoms with Crippen LogP contribution in [-0.2, 0) is 22.4 Å². The van der Waals surface area contributed by atoms with Crippen molar-refractivity contribution < 1.29 is 22.7 Å². The summed E-state index contributed by atoms with van der Waals surface area (Å²) in [7, 11) is 0. The van der Waals surface area contributed by atoms with Gasteiger partial charge in [0.25, 0.3) is 0 Å². The summed E-state index contributed by atoms with van der Waals surface area (Å²) in [5.74, 6) is -1.92. The van der Waals surface area contributed by atoms with Crippen LogP contribution in [0.2, 0.25) is 10.3 Å². The van der Waals surface area contributed by atoms with Crippen molar-refractivity contribution in [3.05, 3.63) is 16.1 Å². The van der Waals surface area contributed by atoms with E-state index in [9.17, 15) is 18.0 Å². The van der Waals surface area contributed by atoms with E-state index in [2.05, 4.69) is 9.72 Å². The van der Waals surface area contributed by atoms with Gasteiger partial charge in [-0.1, -0.05) is 30.1 Å². The molecule has 1 aromatic rings. The molecule has 1 heterocycles. The fourth-order valence-corrected chi connectivity index (χ4v) is 1.50. The van der Waals surface area contributed by atoms with E-state index in [1.165, 1.54) is 0 Å². The Bertz CT molecular complexity index is 446. The van der Waals surface area contributed by atoms with Crippen LogP contribution < -0.4 is 0 Å². The van der Waals surface area contributed by atoms with E-state index in [4.69, 9.17) is 23.2 Å². The van der Waals surface area contributed by atoms with E-state index < -0.39 is 35.0 Å². The fourth-order valence-electron chi connectivity index (χ4n) is 1.15. The number of imidazole rings is 1. The molecule has 0 fully saturated rings. The first kappa shape index (κ1) is 15.1. The normalized spacial score (nSPS) is 11.7. The third kappa shape index (κ3) is 3.52. The van der Waals surface area contributed by atoms with Crippen molar-refractivity contribution in [1.82, 2.24) is 9.55 Å². The highest BCUT2D eigenvalue weighted by atomic mass is 35.5. The Labute approximate surface area is 111 Å². The van der Waals surface area contributed by atoms with Crippen LogP contribution in [0, 0.1) is 0 Å². The summed E-state index contributed by atoms with van der Waals surface area (Å²) in [6.07, 6.45) is -4.08. The summed E-state index contributed by atoms with van der Waals surface area (Å²) in [5, 5.41) is -0.913. The Hall–Kier alpha value is -0.950. The minimum atomic E-state index is -4.73. The largest absolute Gasteiger partial charge is 0.449 e. The standard InChI is InChI=1S/C9H9Cl2F3N2O2/c1-2-3-5(17)18-4-16-7(11)6(10)15-8(16)9(12,13)14/h2-4H2,1H3. The highest BCUT2D eigenvalue weighted by Crippen LogP contribution is 2.33. The SMILES string of the molecule is CCCC(=O)OCn1c(C(F)(F)F)nc(Cl)c1Cl. The van der Waals surface area contributed by atoms with Crippen molar-refractivity contribution >= 4 is 29.2 Å². The number of carbonyl (C=O) groups is 1. The Morgan fingerprint density at radius 2 is 2.06 bits per heavy atom. The lowest BCUT2D eigenvalue weighted by Gasteiger charge is -2.11. The first-order chi connectivity index (χ1) is 8.27. The third-order valence-electron chi connectivity index (χ3n) is 1.93. The zero-order valence-electron chi connectivity index (χ0n) is 9.22. The summed E-state index contributed by atoms with van der Waals surface area (Å²) in [4.78, 5) is 14.2. The van der Waals surface area contributed by atoms with Gasteiger partial charge in [0.2, 0.25) is 5.82 Å². The van der Waals surface area contributed by atoms with Crippen molar-refractivity contribution in [2.75, 3.05) is 0 Å². The van der Waals surface area contributed by atoms with Crippen LogP contribution in [-0.4, -0.2) is 15.5 Å². The second kappa shape index (κ2) is 5.79. The molecule has 0 radical (unpaired) electrons. The molecule has 0 aliphatic heterocycles. The molecule has 18 heavy (non-hydrogen) atoms. The van der Waals surface area contributed by atoms with Gasteiger partial charge in [-0.2, -0.15) is 13.2 Å². The van der Waals surface area contributed by atoms with Gasteiger partial charge in [-0.05, 0) is 6.42 Å². The van der Waals surface area contributed by atoms with Crippen molar-refractivity contribution in [2.24, 2.45) is 0 Å². The molecule has 0 N–H and O–H groups in total. The number of aromatic nitrogens is 2. The molecule has 0 aliphatic rings. The van der Waals surface area contributed by atoms with Crippen LogP contribution in [0.15, 0.2) is 0 Å². The summed E-state index contributed by atoms with van der Waals surface area (Å²) in [6, 6.07) is 0. The maximum atomic E-state index is 12.6. The molecule has 4 nitrogen and oxygen atoms in total. The molecule has 9 heteroatoms. The van der Waals surface area contributed by atoms with E-state index in [1.54, 1.807) is 6.92 Å². The Kier molecular flexibility index (Phi) is 4.86. The quantitative estimate of drug-likeness (QED) is 0.800. The fraction of sp³-hybridized carbons (Fsp3) is 0.556. The zero-order valence-corrected chi connectivity index (χ0v) is 10.7. The minimum Gasteiger partial charge on any atom is -0.444 e. The number of nitrogens with zero attached hydrogens (tertiary/aromatic N) is 2. The lowest BCUT2D eigenvalue weighted by atomic mass is 10.3. The third-order valence-corrected chi connectivity index (χ3v) is 2.67. The lowest BCUT2D eigenvalue weighted by molar-refractivity contribution is -0.156. The number of rotatable bonds is 4. The van der Waals surface area contributed by atoms with Gasteiger partial charge in [-0.25, -0.2) is 4.98 Å². The Morgan fingerprint density at radius 3 is 2.56 bits per heavy atom. The number of hydrogen-bond donors (Lipinski definition) is 0. The number of esters is 1. The first-order valence-electron chi connectivity index (χ1n) is 4.91. The lowest BCUT2D eigenvalue weighted by Crippen LogP contribution is -2.18. The van der Waals surface area contributed by atoms with Crippen LogP contribution in [0.4, 0.5) is 13.2 Å². The summed E-state index contributed by atoms with van der Waals surface area (Å²) < 4.78 is 42.9. The highest BCUT2D eigenvalue weighted by Gasteiger charge is 2.38. The van der Waals surface area contributed by atoms with Crippen LogP contribution in [0.5, 0.6) is 0 Å². The Morgan fingerprint density at radius 1 is 1.44 bits per heavy atom. The van der Waals surface area contributed by atoms with Crippen LogP contribution >= 0.6 is 23.2 Å². The monoisotopic (exact) mass is 304 g/mol.